The molecule has 1 saturated heterocycles. The van der Waals surface area contributed by atoms with Gasteiger partial charge in [0.15, 0.2) is 0 Å². The zero-order valence-corrected chi connectivity index (χ0v) is 16.2. The maximum Gasteiger partial charge on any atom is 0.306 e. The Kier molecular flexibility index (Phi) is 5.04. The van der Waals surface area contributed by atoms with E-state index in [1.807, 2.05) is 29.0 Å². The monoisotopic (exact) mass is 386 g/mol. The predicted octanol–water partition coefficient (Wildman–Crippen LogP) is 1.93. The van der Waals surface area contributed by atoms with Gasteiger partial charge < -0.3 is 9.64 Å². The molecular formula is C18H22N6O2S. The van der Waals surface area contributed by atoms with Gasteiger partial charge in [-0.25, -0.2) is 9.50 Å². The van der Waals surface area contributed by atoms with Gasteiger partial charge in [-0.2, -0.15) is 0 Å². The summed E-state index contributed by atoms with van der Waals surface area (Å²) in [6, 6.07) is 4.23. The van der Waals surface area contributed by atoms with Crippen molar-refractivity contribution in [3.63, 3.8) is 0 Å². The number of hydrogen-bond donors (Lipinski definition) is 0. The molecule has 8 nitrogen and oxygen atoms in total. The van der Waals surface area contributed by atoms with Crippen LogP contribution in [0.2, 0.25) is 0 Å². The molecule has 4 heterocycles. The molecule has 1 unspecified atom stereocenters. The largest absolute Gasteiger partial charge is 0.469 e. The molecule has 0 aliphatic carbocycles. The number of fused-ring (bicyclic) bond motifs is 1. The van der Waals surface area contributed by atoms with Gasteiger partial charge in [-0.3, -0.25) is 14.7 Å². The summed E-state index contributed by atoms with van der Waals surface area (Å²) in [5, 5.41) is 5.71. The van der Waals surface area contributed by atoms with Crippen molar-refractivity contribution < 1.29 is 9.53 Å². The normalized spacial score (nSPS) is 18.1. The van der Waals surface area contributed by atoms with E-state index in [0.717, 1.165) is 47.5 Å². The molecule has 1 atom stereocenters. The van der Waals surface area contributed by atoms with E-state index in [-0.39, 0.29) is 5.97 Å². The molecule has 0 radical (unpaired) electrons. The first-order valence-electron chi connectivity index (χ1n) is 8.96. The first-order valence-corrected chi connectivity index (χ1v) is 9.78. The number of carbonyl (C=O) groups excluding carboxylic acids is 1. The molecule has 3 aromatic heterocycles. The van der Waals surface area contributed by atoms with Crippen molar-refractivity contribution in [3.05, 3.63) is 30.7 Å². The van der Waals surface area contributed by atoms with Crippen LogP contribution in [0.5, 0.6) is 0 Å². The Labute approximate surface area is 161 Å². The lowest BCUT2D eigenvalue weighted by molar-refractivity contribution is -0.141. The number of esters is 1. The third kappa shape index (κ3) is 3.79. The first-order chi connectivity index (χ1) is 13.1. The molecule has 1 aliphatic rings. The Morgan fingerprint density at radius 3 is 3.00 bits per heavy atom. The van der Waals surface area contributed by atoms with Crippen LogP contribution in [0.1, 0.15) is 13.3 Å². The quantitative estimate of drug-likeness (QED) is 0.620. The van der Waals surface area contributed by atoms with Crippen molar-refractivity contribution in [2.24, 2.45) is 0 Å². The molecule has 3 aromatic rings. The molecule has 1 aliphatic heterocycles. The fraction of sp³-hybridized carbons (Fsp3) is 0.444. The van der Waals surface area contributed by atoms with Crippen LogP contribution in [-0.4, -0.2) is 69.8 Å². The minimum Gasteiger partial charge on any atom is -0.469 e. The van der Waals surface area contributed by atoms with Gasteiger partial charge in [-0.05, 0) is 19.1 Å². The number of carbonyl (C=O) groups is 1. The number of methoxy groups -OCH3 is 1. The topological polar surface area (TPSA) is 75.9 Å². The molecule has 0 N–H and O–H groups in total. The van der Waals surface area contributed by atoms with Crippen molar-refractivity contribution in [1.29, 1.82) is 0 Å². The molecule has 27 heavy (non-hydrogen) atoms. The Hall–Kier alpha value is -2.52. The SMILES string of the molecule is COC(=O)CCN1CCN(c2nn3cc(-c4cccnc4)nc3s2)C(C)C1. The van der Waals surface area contributed by atoms with E-state index in [1.54, 1.807) is 17.5 Å². The van der Waals surface area contributed by atoms with Gasteiger partial charge in [0.2, 0.25) is 10.1 Å². The molecule has 142 valence electrons. The van der Waals surface area contributed by atoms with E-state index in [4.69, 9.17) is 9.84 Å². The summed E-state index contributed by atoms with van der Waals surface area (Å²) in [5.74, 6) is -0.157. The highest BCUT2D eigenvalue weighted by Gasteiger charge is 2.27. The standard InChI is InChI=1S/C18H22N6O2S/c1-13-11-22(7-5-16(25)26-2)8-9-23(13)18-21-24-12-15(20-17(24)27-18)14-4-3-6-19-10-14/h3-4,6,10,12-13H,5,7-9,11H2,1-2H3. The summed E-state index contributed by atoms with van der Waals surface area (Å²) in [7, 11) is 1.43. The van der Waals surface area contributed by atoms with Crippen LogP contribution >= 0.6 is 11.3 Å². The number of imidazole rings is 1. The van der Waals surface area contributed by atoms with Crippen LogP contribution in [0.25, 0.3) is 16.2 Å². The molecule has 0 aromatic carbocycles. The Morgan fingerprint density at radius 2 is 2.30 bits per heavy atom. The minimum atomic E-state index is -0.157. The maximum absolute atomic E-state index is 11.3. The van der Waals surface area contributed by atoms with Gasteiger partial charge in [-0.15, -0.1) is 5.10 Å². The van der Waals surface area contributed by atoms with Crippen LogP contribution in [0.3, 0.4) is 0 Å². The van der Waals surface area contributed by atoms with Crippen molar-refractivity contribution in [3.8, 4) is 11.3 Å². The van der Waals surface area contributed by atoms with E-state index in [1.165, 1.54) is 7.11 Å². The number of ether oxygens (including phenoxy) is 1. The van der Waals surface area contributed by atoms with Crippen molar-refractivity contribution in [2.45, 2.75) is 19.4 Å². The van der Waals surface area contributed by atoms with Crippen molar-refractivity contribution in [2.75, 3.05) is 38.2 Å². The van der Waals surface area contributed by atoms with E-state index >= 15 is 0 Å². The van der Waals surface area contributed by atoms with Crippen LogP contribution in [-0.2, 0) is 9.53 Å². The second-order valence-corrected chi connectivity index (χ2v) is 7.58. The van der Waals surface area contributed by atoms with Gasteiger partial charge in [-0.1, -0.05) is 11.3 Å². The number of piperazine rings is 1. The van der Waals surface area contributed by atoms with Gasteiger partial charge >= 0.3 is 5.97 Å². The molecule has 0 spiro atoms. The van der Waals surface area contributed by atoms with Crippen LogP contribution in [0, 0.1) is 0 Å². The molecule has 0 bridgehead atoms. The highest BCUT2D eigenvalue weighted by atomic mass is 32.1. The number of pyridine rings is 1. The predicted molar refractivity (Wildman–Crippen MR) is 104 cm³/mol. The van der Waals surface area contributed by atoms with Crippen LogP contribution in [0.15, 0.2) is 30.7 Å². The molecule has 9 heteroatoms. The smallest absolute Gasteiger partial charge is 0.306 e. The summed E-state index contributed by atoms with van der Waals surface area (Å²) >= 11 is 1.60. The summed E-state index contributed by atoms with van der Waals surface area (Å²) in [6.07, 6.45) is 5.95. The minimum absolute atomic E-state index is 0.157. The fourth-order valence-corrected chi connectivity index (χ4v) is 4.34. The Balaban J connectivity index is 1.44. The second kappa shape index (κ2) is 7.61. The average Bonchev–Trinajstić information content (AvgIpc) is 3.26. The van der Waals surface area contributed by atoms with Crippen molar-refractivity contribution >= 4 is 27.4 Å². The fourth-order valence-electron chi connectivity index (χ4n) is 3.33. The third-order valence-electron chi connectivity index (χ3n) is 4.81. The van der Waals surface area contributed by atoms with Crippen LogP contribution < -0.4 is 4.90 Å². The van der Waals surface area contributed by atoms with Gasteiger partial charge in [0, 0.05) is 50.2 Å². The number of anilines is 1. The molecular weight excluding hydrogens is 364 g/mol. The van der Waals surface area contributed by atoms with E-state index in [9.17, 15) is 4.79 Å². The summed E-state index contributed by atoms with van der Waals surface area (Å²) < 4.78 is 6.57. The van der Waals surface area contributed by atoms with Gasteiger partial charge in [0.1, 0.15) is 0 Å². The number of aromatic nitrogens is 4. The summed E-state index contributed by atoms with van der Waals surface area (Å²) in [4.78, 5) is 25.7. The van der Waals surface area contributed by atoms with Gasteiger partial charge in [0.25, 0.3) is 0 Å². The third-order valence-corrected chi connectivity index (χ3v) is 5.77. The second-order valence-electron chi connectivity index (χ2n) is 6.65. The summed E-state index contributed by atoms with van der Waals surface area (Å²) in [5.41, 5.74) is 1.87. The summed E-state index contributed by atoms with van der Waals surface area (Å²) in [6.45, 7) is 5.62. The van der Waals surface area contributed by atoms with E-state index in [0.29, 0.717) is 12.5 Å². The van der Waals surface area contributed by atoms with Gasteiger partial charge in [0.05, 0.1) is 25.4 Å². The van der Waals surface area contributed by atoms with E-state index < -0.39 is 0 Å². The average molecular weight is 386 g/mol. The maximum atomic E-state index is 11.3. The molecule has 0 saturated carbocycles. The molecule has 0 amide bonds. The first kappa shape index (κ1) is 17.9. The Bertz CT molecular complexity index is 893. The lowest BCUT2D eigenvalue weighted by atomic mass is 10.2. The zero-order valence-electron chi connectivity index (χ0n) is 15.4. The number of rotatable bonds is 5. The molecule has 1 fully saturated rings. The van der Waals surface area contributed by atoms with Crippen molar-refractivity contribution in [1.82, 2.24) is 24.5 Å². The highest BCUT2D eigenvalue weighted by Crippen LogP contribution is 2.28. The highest BCUT2D eigenvalue weighted by molar-refractivity contribution is 7.20. The molecule has 4 rings (SSSR count). The van der Waals surface area contributed by atoms with E-state index in [2.05, 4.69) is 26.7 Å². The Morgan fingerprint density at radius 1 is 1.41 bits per heavy atom. The lowest BCUT2D eigenvalue weighted by Gasteiger charge is -2.39. The lowest BCUT2D eigenvalue weighted by Crippen LogP contribution is -2.52. The zero-order chi connectivity index (χ0) is 18.8. The number of hydrogen-bond acceptors (Lipinski definition) is 8. The van der Waals surface area contributed by atoms with Crippen LogP contribution in [0.4, 0.5) is 5.13 Å². The number of nitrogens with zero attached hydrogens (tertiary/aromatic N) is 6.